The number of rotatable bonds is 7. The lowest BCUT2D eigenvalue weighted by Crippen LogP contribution is -2.24. The van der Waals surface area contributed by atoms with Crippen LogP contribution < -0.4 is 9.64 Å². The molecule has 2 heterocycles. The summed E-state index contributed by atoms with van der Waals surface area (Å²) >= 11 is 0. The molecule has 5 rings (SSSR count). The van der Waals surface area contributed by atoms with Crippen LogP contribution in [0.5, 0.6) is 5.75 Å². The van der Waals surface area contributed by atoms with E-state index in [1.165, 1.54) is 16.7 Å². The first-order valence-electron chi connectivity index (χ1n) is 12.5. The number of hydrogen-bond acceptors (Lipinski definition) is 3. The van der Waals surface area contributed by atoms with E-state index >= 15 is 0 Å². The number of fused-ring (bicyclic) bond motifs is 1. The first-order chi connectivity index (χ1) is 16.9. The number of carbonyl (C=O) groups is 1. The second-order valence-electron chi connectivity index (χ2n) is 9.86. The van der Waals surface area contributed by atoms with E-state index in [1.807, 2.05) is 41.3 Å². The number of carbonyl (C=O) groups excluding carboxylic acids is 1. The number of nitrogens with zero attached hydrogens (tertiary/aromatic N) is 3. The number of aromatic nitrogens is 2. The quantitative estimate of drug-likeness (QED) is 0.317. The first kappa shape index (κ1) is 23.2. The topological polar surface area (TPSA) is 47.4 Å². The molecule has 0 saturated carbocycles. The number of benzene rings is 3. The highest BCUT2D eigenvalue weighted by Gasteiger charge is 2.35. The molecule has 180 valence electrons. The van der Waals surface area contributed by atoms with Crippen molar-refractivity contribution < 1.29 is 9.53 Å². The Balaban J connectivity index is 1.36. The van der Waals surface area contributed by atoms with Gasteiger partial charge in [0.05, 0.1) is 17.6 Å². The molecule has 1 fully saturated rings. The van der Waals surface area contributed by atoms with E-state index in [1.54, 1.807) is 0 Å². The Morgan fingerprint density at radius 3 is 2.51 bits per heavy atom. The molecule has 1 amide bonds. The second-order valence-corrected chi connectivity index (χ2v) is 9.86. The minimum absolute atomic E-state index is 0.0434. The van der Waals surface area contributed by atoms with E-state index in [0.717, 1.165) is 28.3 Å². The van der Waals surface area contributed by atoms with Crippen molar-refractivity contribution in [2.24, 2.45) is 0 Å². The van der Waals surface area contributed by atoms with Crippen molar-refractivity contribution in [1.82, 2.24) is 9.55 Å². The van der Waals surface area contributed by atoms with E-state index in [0.29, 0.717) is 32.0 Å². The number of anilines is 1. The predicted molar refractivity (Wildman–Crippen MR) is 141 cm³/mol. The van der Waals surface area contributed by atoms with Gasteiger partial charge in [0, 0.05) is 24.6 Å². The van der Waals surface area contributed by atoms with Crippen LogP contribution in [0.15, 0.2) is 66.7 Å². The van der Waals surface area contributed by atoms with Crippen LogP contribution in [0.25, 0.3) is 11.0 Å². The molecule has 0 aliphatic carbocycles. The Bertz CT molecular complexity index is 1350. The van der Waals surface area contributed by atoms with Gasteiger partial charge in [-0.25, -0.2) is 4.98 Å². The molecule has 0 bridgehead atoms. The average molecular weight is 468 g/mol. The lowest BCUT2D eigenvalue weighted by atomic mass is 10.0. The van der Waals surface area contributed by atoms with E-state index in [4.69, 9.17) is 9.72 Å². The third kappa shape index (κ3) is 4.68. The van der Waals surface area contributed by atoms with Crippen molar-refractivity contribution in [3.05, 3.63) is 89.2 Å². The van der Waals surface area contributed by atoms with Gasteiger partial charge in [0.1, 0.15) is 18.2 Å². The molecule has 0 radical (unpaired) electrons. The fraction of sp³-hybridized carbons (Fsp3) is 0.333. The van der Waals surface area contributed by atoms with Gasteiger partial charge in [0.2, 0.25) is 5.91 Å². The summed E-state index contributed by atoms with van der Waals surface area (Å²) in [5, 5.41) is 0. The SMILES string of the molecule is Cc1ccc(N2CC(c3nc4ccccc4n3CCOc3ccc(C(C)C)cc3)CC2=O)cc1C. The third-order valence-electron chi connectivity index (χ3n) is 7.11. The van der Waals surface area contributed by atoms with Crippen LogP contribution in [0.2, 0.25) is 0 Å². The summed E-state index contributed by atoms with van der Waals surface area (Å²) in [7, 11) is 0. The van der Waals surface area contributed by atoms with Crippen molar-refractivity contribution in [1.29, 1.82) is 0 Å². The van der Waals surface area contributed by atoms with Gasteiger partial charge in [0.15, 0.2) is 0 Å². The Morgan fingerprint density at radius 2 is 1.77 bits per heavy atom. The normalized spacial score (nSPS) is 16.0. The Labute approximate surface area is 207 Å². The van der Waals surface area contributed by atoms with Crippen LogP contribution in [-0.2, 0) is 11.3 Å². The predicted octanol–water partition coefficient (Wildman–Crippen LogP) is 6.38. The van der Waals surface area contributed by atoms with Gasteiger partial charge in [-0.2, -0.15) is 0 Å². The van der Waals surface area contributed by atoms with Crippen LogP contribution in [0.1, 0.15) is 54.6 Å². The molecule has 1 saturated heterocycles. The number of aryl methyl sites for hydroxylation is 2. The number of para-hydroxylation sites is 2. The van der Waals surface area contributed by atoms with Gasteiger partial charge in [-0.1, -0.05) is 44.2 Å². The van der Waals surface area contributed by atoms with Gasteiger partial charge in [-0.05, 0) is 72.9 Å². The van der Waals surface area contributed by atoms with Crippen LogP contribution in [0.3, 0.4) is 0 Å². The van der Waals surface area contributed by atoms with Crippen LogP contribution in [0, 0.1) is 13.8 Å². The van der Waals surface area contributed by atoms with Crippen LogP contribution in [0.4, 0.5) is 5.69 Å². The summed E-state index contributed by atoms with van der Waals surface area (Å²) < 4.78 is 8.33. The summed E-state index contributed by atoms with van der Waals surface area (Å²) in [6.45, 7) is 10.4. The summed E-state index contributed by atoms with van der Waals surface area (Å²) in [5.74, 6) is 2.53. The fourth-order valence-electron chi connectivity index (χ4n) is 4.87. The molecule has 5 heteroatoms. The van der Waals surface area contributed by atoms with Gasteiger partial charge in [-0.15, -0.1) is 0 Å². The summed E-state index contributed by atoms with van der Waals surface area (Å²) in [4.78, 5) is 19.9. The van der Waals surface area contributed by atoms with Crippen molar-refractivity contribution in [3.8, 4) is 5.75 Å². The van der Waals surface area contributed by atoms with E-state index in [9.17, 15) is 4.79 Å². The monoisotopic (exact) mass is 467 g/mol. The molecule has 1 atom stereocenters. The van der Waals surface area contributed by atoms with Crippen molar-refractivity contribution in [3.63, 3.8) is 0 Å². The van der Waals surface area contributed by atoms with Crippen LogP contribution in [-0.4, -0.2) is 28.6 Å². The highest BCUT2D eigenvalue weighted by Crippen LogP contribution is 2.34. The minimum Gasteiger partial charge on any atom is -0.492 e. The van der Waals surface area contributed by atoms with Crippen LogP contribution >= 0.6 is 0 Å². The Hall–Kier alpha value is -3.60. The Morgan fingerprint density at radius 1 is 1.00 bits per heavy atom. The average Bonchev–Trinajstić information content (AvgIpc) is 3.42. The minimum atomic E-state index is 0.0434. The number of ether oxygens (including phenoxy) is 1. The van der Waals surface area contributed by atoms with Gasteiger partial charge >= 0.3 is 0 Å². The summed E-state index contributed by atoms with van der Waals surface area (Å²) in [6, 6.07) is 22.8. The summed E-state index contributed by atoms with van der Waals surface area (Å²) in [6.07, 6.45) is 0.466. The fourth-order valence-corrected chi connectivity index (χ4v) is 4.87. The number of amides is 1. The molecule has 1 aliphatic rings. The molecule has 1 aliphatic heterocycles. The first-order valence-corrected chi connectivity index (χ1v) is 12.5. The maximum atomic E-state index is 13.0. The molecule has 3 aromatic carbocycles. The molecule has 35 heavy (non-hydrogen) atoms. The highest BCUT2D eigenvalue weighted by molar-refractivity contribution is 5.96. The molecular weight excluding hydrogens is 434 g/mol. The summed E-state index contributed by atoms with van der Waals surface area (Å²) in [5.41, 5.74) is 6.75. The maximum Gasteiger partial charge on any atom is 0.227 e. The van der Waals surface area contributed by atoms with Crippen molar-refractivity contribution >= 4 is 22.6 Å². The molecule has 0 N–H and O–H groups in total. The van der Waals surface area contributed by atoms with Gasteiger partial charge in [0.25, 0.3) is 0 Å². The second kappa shape index (κ2) is 9.57. The molecular formula is C30H33N3O2. The van der Waals surface area contributed by atoms with E-state index < -0.39 is 0 Å². The molecule has 5 nitrogen and oxygen atoms in total. The maximum absolute atomic E-state index is 13.0. The standard InChI is InChI=1S/C30H33N3O2/c1-20(2)23-10-13-26(14-11-23)35-16-15-32-28-8-6-5-7-27(28)31-30(32)24-18-29(34)33(19-24)25-12-9-21(3)22(4)17-25/h5-14,17,20,24H,15-16,18-19H2,1-4H3. The Kier molecular flexibility index (Phi) is 6.33. The molecule has 0 spiro atoms. The lowest BCUT2D eigenvalue weighted by Gasteiger charge is -2.18. The molecule has 1 aromatic heterocycles. The highest BCUT2D eigenvalue weighted by atomic mass is 16.5. The number of imidazole rings is 1. The van der Waals surface area contributed by atoms with E-state index in [-0.39, 0.29) is 11.8 Å². The number of hydrogen-bond donors (Lipinski definition) is 0. The van der Waals surface area contributed by atoms with Crippen molar-refractivity contribution in [2.45, 2.75) is 52.5 Å². The molecule has 1 unspecified atom stereocenters. The zero-order chi connectivity index (χ0) is 24.5. The lowest BCUT2D eigenvalue weighted by molar-refractivity contribution is -0.117. The third-order valence-corrected chi connectivity index (χ3v) is 7.11. The zero-order valence-corrected chi connectivity index (χ0v) is 21.0. The largest absolute Gasteiger partial charge is 0.492 e. The van der Waals surface area contributed by atoms with Gasteiger partial charge in [-0.3, -0.25) is 4.79 Å². The van der Waals surface area contributed by atoms with E-state index in [2.05, 4.69) is 62.6 Å². The molecule has 4 aromatic rings. The smallest absolute Gasteiger partial charge is 0.227 e. The zero-order valence-electron chi connectivity index (χ0n) is 21.0. The van der Waals surface area contributed by atoms with Crippen molar-refractivity contribution in [2.75, 3.05) is 18.1 Å². The van der Waals surface area contributed by atoms with Gasteiger partial charge < -0.3 is 14.2 Å².